The van der Waals surface area contributed by atoms with Crippen LogP contribution in [-0.2, 0) is 11.8 Å². The van der Waals surface area contributed by atoms with E-state index in [0.29, 0.717) is 28.0 Å². The number of fused-ring (bicyclic) bond motifs is 1. The van der Waals surface area contributed by atoms with E-state index in [1.807, 2.05) is 70.2 Å². The molecule has 2 N–H and O–H groups in total. The van der Waals surface area contributed by atoms with Crippen LogP contribution in [-0.4, -0.2) is 33.1 Å². The zero-order chi connectivity index (χ0) is 23.7. The number of anilines is 1. The Labute approximate surface area is 192 Å². The van der Waals surface area contributed by atoms with Gasteiger partial charge in [-0.2, -0.15) is 5.10 Å². The summed E-state index contributed by atoms with van der Waals surface area (Å²) in [6.07, 6.45) is 0. The third-order valence-corrected chi connectivity index (χ3v) is 5.63. The fourth-order valence-electron chi connectivity index (χ4n) is 4.20. The molecule has 0 spiro atoms. The highest BCUT2D eigenvalue weighted by Gasteiger charge is 2.20. The lowest BCUT2D eigenvalue weighted by molar-refractivity contribution is -0.115. The van der Waals surface area contributed by atoms with E-state index >= 15 is 0 Å². The smallest absolute Gasteiger partial charge is 0.252 e. The average Bonchev–Trinajstić information content (AvgIpc) is 3.08. The summed E-state index contributed by atoms with van der Waals surface area (Å²) < 4.78 is 1.67. The molecule has 0 saturated heterocycles. The first kappa shape index (κ1) is 22.2. The summed E-state index contributed by atoms with van der Waals surface area (Å²) in [7, 11) is 1.80. The highest BCUT2D eigenvalue weighted by atomic mass is 16.2. The van der Waals surface area contributed by atoms with Crippen LogP contribution in [0.4, 0.5) is 5.69 Å². The van der Waals surface area contributed by atoms with Gasteiger partial charge in [0.25, 0.3) is 5.91 Å². The van der Waals surface area contributed by atoms with Gasteiger partial charge in [0.15, 0.2) is 5.65 Å². The van der Waals surface area contributed by atoms with Crippen LogP contribution in [0.3, 0.4) is 0 Å². The number of aromatic nitrogens is 3. The molecule has 0 aliphatic heterocycles. The van der Waals surface area contributed by atoms with Crippen LogP contribution in [0.5, 0.6) is 0 Å². The summed E-state index contributed by atoms with van der Waals surface area (Å²) in [5.41, 5.74) is 7.24. The summed E-state index contributed by atoms with van der Waals surface area (Å²) in [6.45, 7) is 7.63. The molecule has 7 heteroatoms. The van der Waals surface area contributed by atoms with Crippen molar-refractivity contribution in [2.45, 2.75) is 27.7 Å². The van der Waals surface area contributed by atoms with Crippen molar-refractivity contribution < 1.29 is 9.59 Å². The molecule has 0 bridgehead atoms. The molecule has 0 aliphatic rings. The van der Waals surface area contributed by atoms with E-state index in [9.17, 15) is 9.59 Å². The van der Waals surface area contributed by atoms with Gasteiger partial charge in [-0.3, -0.25) is 14.3 Å². The maximum atomic E-state index is 13.2. The zero-order valence-electron chi connectivity index (χ0n) is 19.5. The number of rotatable bonds is 5. The van der Waals surface area contributed by atoms with Crippen molar-refractivity contribution in [3.8, 4) is 11.3 Å². The molecule has 0 aliphatic carbocycles. The number of carbonyl (C=O) groups excluding carboxylic acids is 2. The number of hydrogen-bond acceptors (Lipinski definition) is 4. The van der Waals surface area contributed by atoms with Crippen molar-refractivity contribution in [1.29, 1.82) is 0 Å². The molecule has 7 nitrogen and oxygen atoms in total. The molecule has 0 radical (unpaired) electrons. The van der Waals surface area contributed by atoms with E-state index in [1.54, 1.807) is 17.8 Å². The molecule has 2 aromatic heterocycles. The SMILES string of the molecule is Cc1cc(C)c(NC(=O)CNC(=O)c2cc(-c3ccccc3)nc3c2c(C)nn3C)c(C)c1. The van der Waals surface area contributed by atoms with Crippen LogP contribution in [0.1, 0.15) is 32.7 Å². The van der Waals surface area contributed by atoms with Crippen molar-refractivity contribution in [2.75, 3.05) is 11.9 Å². The Balaban J connectivity index is 1.60. The van der Waals surface area contributed by atoms with Gasteiger partial charge >= 0.3 is 0 Å². The minimum absolute atomic E-state index is 0.143. The minimum Gasteiger partial charge on any atom is -0.343 e. The van der Waals surface area contributed by atoms with Crippen LogP contribution in [0.15, 0.2) is 48.5 Å². The number of nitrogens with one attached hydrogen (secondary N) is 2. The number of benzene rings is 2. The number of aryl methyl sites for hydroxylation is 5. The Hall–Kier alpha value is -4.00. The molecule has 2 amide bonds. The maximum Gasteiger partial charge on any atom is 0.252 e. The summed E-state index contributed by atoms with van der Waals surface area (Å²) in [5, 5.41) is 10.8. The molecule has 0 saturated carbocycles. The minimum atomic E-state index is -0.344. The van der Waals surface area contributed by atoms with Gasteiger partial charge in [-0.15, -0.1) is 0 Å². The molecule has 4 rings (SSSR count). The number of hydrogen-bond donors (Lipinski definition) is 2. The standard InChI is InChI=1S/C26H27N5O2/c1-15-11-16(2)24(17(3)12-15)29-22(32)14-27-26(33)20-13-21(19-9-7-6-8-10-19)28-25-23(20)18(4)30-31(25)5/h6-13H,14H2,1-5H3,(H,27,33)(H,29,32). The predicted molar refractivity (Wildman–Crippen MR) is 130 cm³/mol. The molecule has 0 atom stereocenters. The van der Waals surface area contributed by atoms with Crippen molar-refractivity contribution in [3.05, 3.63) is 76.5 Å². The maximum absolute atomic E-state index is 13.2. The number of amides is 2. The fourth-order valence-corrected chi connectivity index (χ4v) is 4.20. The summed E-state index contributed by atoms with van der Waals surface area (Å²) in [5.74, 6) is -0.627. The topological polar surface area (TPSA) is 88.9 Å². The van der Waals surface area contributed by atoms with E-state index in [0.717, 1.165) is 27.9 Å². The van der Waals surface area contributed by atoms with Gasteiger partial charge in [-0.25, -0.2) is 4.98 Å². The second-order valence-corrected chi connectivity index (χ2v) is 8.33. The van der Waals surface area contributed by atoms with E-state index in [4.69, 9.17) is 4.98 Å². The van der Waals surface area contributed by atoms with Crippen molar-refractivity contribution >= 4 is 28.5 Å². The van der Waals surface area contributed by atoms with Crippen molar-refractivity contribution in [1.82, 2.24) is 20.1 Å². The highest BCUT2D eigenvalue weighted by Crippen LogP contribution is 2.27. The van der Waals surface area contributed by atoms with Crippen LogP contribution < -0.4 is 10.6 Å². The second kappa shape index (κ2) is 8.86. The molecule has 2 aromatic carbocycles. The van der Waals surface area contributed by atoms with Gasteiger partial charge in [0, 0.05) is 18.3 Å². The van der Waals surface area contributed by atoms with E-state index < -0.39 is 0 Å². The van der Waals surface area contributed by atoms with Gasteiger partial charge < -0.3 is 10.6 Å². The van der Waals surface area contributed by atoms with Gasteiger partial charge in [0.2, 0.25) is 5.91 Å². The molecule has 0 fully saturated rings. The first-order valence-electron chi connectivity index (χ1n) is 10.8. The van der Waals surface area contributed by atoms with Crippen LogP contribution >= 0.6 is 0 Å². The Kier molecular flexibility index (Phi) is 5.96. The first-order chi connectivity index (χ1) is 15.7. The third kappa shape index (κ3) is 4.48. The molecular formula is C26H27N5O2. The van der Waals surface area contributed by atoms with Gasteiger partial charge in [-0.05, 0) is 44.9 Å². The fraction of sp³-hybridized carbons (Fsp3) is 0.231. The normalized spacial score (nSPS) is 10.9. The predicted octanol–water partition coefficient (Wildman–Crippen LogP) is 4.24. The molecule has 4 aromatic rings. The van der Waals surface area contributed by atoms with Gasteiger partial charge in [0.05, 0.1) is 28.9 Å². The van der Waals surface area contributed by atoms with Crippen molar-refractivity contribution in [3.63, 3.8) is 0 Å². The van der Waals surface area contributed by atoms with Crippen molar-refractivity contribution in [2.24, 2.45) is 7.05 Å². The lowest BCUT2D eigenvalue weighted by Crippen LogP contribution is -2.33. The lowest BCUT2D eigenvalue weighted by atomic mass is 10.0. The molecule has 33 heavy (non-hydrogen) atoms. The average molecular weight is 442 g/mol. The summed E-state index contributed by atoms with van der Waals surface area (Å²) in [6, 6.07) is 15.5. The van der Waals surface area contributed by atoms with Crippen LogP contribution in [0.25, 0.3) is 22.3 Å². The largest absolute Gasteiger partial charge is 0.343 e. The van der Waals surface area contributed by atoms with E-state index in [2.05, 4.69) is 15.7 Å². The third-order valence-electron chi connectivity index (χ3n) is 5.63. The summed E-state index contributed by atoms with van der Waals surface area (Å²) in [4.78, 5) is 30.5. The molecule has 168 valence electrons. The zero-order valence-corrected chi connectivity index (χ0v) is 19.5. The highest BCUT2D eigenvalue weighted by molar-refractivity contribution is 6.09. The van der Waals surface area contributed by atoms with Crippen LogP contribution in [0.2, 0.25) is 0 Å². The van der Waals surface area contributed by atoms with Gasteiger partial charge in [0.1, 0.15) is 0 Å². The Bertz CT molecular complexity index is 1350. The Morgan fingerprint density at radius 2 is 1.64 bits per heavy atom. The van der Waals surface area contributed by atoms with Crippen LogP contribution in [0, 0.1) is 27.7 Å². The van der Waals surface area contributed by atoms with Gasteiger partial charge in [-0.1, -0.05) is 48.0 Å². The van der Waals surface area contributed by atoms with E-state index in [1.165, 1.54) is 0 Å². The molecule has 2 heterocycles. The number of nitrogens with zero attached hydrogens (tertiary/aromatic N) is 3. The Morgan fingerprint density at radius 1 is 0.970 bits per heavy atom. The number of carbonyl (C=O) groups is 2. The molecule has 0 unspecified atom stereocenters. The number of pyridine rings is 1. The van der Waals surface area contributed by atoms with E-state index in [-0.39, 0.29) is 18.4 Å². The Morgan fingerprint density at radius 3 is 2.30 bits per heavy atom. The second-order valence-electron chi connectivity index (χ2n) is 8.33. The summed E-state index contributed by atoms with van der Waals surface area (Å²) >= 11 is 0. The monoisotopic (exact) mass is 441 g/mol. The molecular weight excluding hydrogens is 414 g/mol. The first-order valence-corrected chi connectivity index (χ1v) is 10.8. The lowest BCUT2D eigenvalue weighted by Gasteiger charge is -2.13. The quantitative estimate of drug-likeness (QED) is 0.485.